The van der Waals surface area contributed by atoms with E-state index >= 15 is 0 Å². The monoisotopic (exact) mass is 369 g/mol. The van der Waals surface area contributed by atoms with Crippen molar-refractivity contribution in [3.63, 3.8) is 0 Å². The molecule has 0 N–H and O–H groups in total. The van der Waals surface area contributed by atoms with Gasteiger partial charge in [0.05, 0.1) is 6.42 Å². The summed E-state index contributed by atoms with van der Waals surface area (Å²) < 4.78 is 5.49. The number of carbonyl (C=O) groups is 2. The van der Waals surface area contributed by atoms with E-state index in [9.17, 15) is 9.59 Å². The van der Waals surface area contributed by atoms with Crippen molar-refractivity contribution in [2.75, 3.05) is 26.2 Å². The molecule has 1 aliphatic heterocycles. The van der Waals surface area contributed by atoms with E-state index in [2.05, 4.69) is 4.98 Å². The Labute approximate surface area is 159 Å². The third kappa shape index (κ3) is 3.99. The second-order valence-corrected chi connectivity index (χ2v) is 7.75. The Morgan fingerprint density at radius 1 is 1.07 bits per heavy atom. The molecule has 2 amide bonds. The Hall–Kier alpha value is -2.37. The number of rotatable bonds is 3. The first-order chi connectivity index (χ1) is 13.1. The van der Waals surface area contributed by atoms with Crippen LogP contribution in [0.3, 0.4) is 0 Å². The van der Waals surface area contributed by atoms with Gasteiger partial charge in [-0.2, -0.15) is 0 Å². The number of nitrogens with zero attached hydrogens (tertiary/aromatic N) is 3. The Morgan fingerprint density at radius 2 is 1.81 bits per heavy atom. The molecule has 2 fully saturated rings. The maximum absolute atomic E-state index is 12.8. The minimum atomic E-state index is 0.115. The minimum absolute atomic E-state index is 0.115. The van der Waals surface area contributed by atoms with Gasteiger partial charge in [-0.05, 0) is 37.0 Å². The molecule has 144 valence electrons. The van der Waals surface area contributed by atoms with Gasteiger partial charge in [0.2, 0.25) is 11.8 Å². The van der Waals surface area contributed by atoms with Gasteiger partial charge in [0.1, 0.15) is 5.52 Å². The summed E-state index contributed by atoms with van der Waals surface area (Å²) in [6, 6.07) is 5.73. The Balaban J connectivity index is 1.36. The fourth-order valence-electron chi connectivity index (χ4n) is 4.30. The SMILES string of the molecule is Cc1nc2cc(CC(=O)N3CCCN(C(=O)C4CCCC4)CC3)ccc2o1. The van der Waals surface area contributed by atoms with Crippen LogP contribution in [-0.2, 0) is 16.0 Å². The van der Waals surface area contributed by atoms with Gasteiger partial charge in [-0.3, -0.25) is 9.59 Å². The van der Waals surface area contributed by atoms with E-state index in [1.165, 1.54) is 12.8 Å². The van der Waals surface area contributed by atoms with Crippen molar-refractivity contribution in [2.24, 2.45) is 5.92 Å². The van der Waals surface area contributed by atoms with E-state index in [0.717, 1.165) is 49.0 Å². The lowest BCUT2D eigenvalue weighted by molar-refractivity contribution is -0.136. The number of aromatic nitrogens is 1. The first kappa shape index (κ1) is 18.0. The summed E-state index contributed by atoms with van der Waals surface area (Å²) in [6.45, 7) is 4.59. The summed E-state index contributed by atoms with van der Waals surface area (Å²) in [6.07, 6.45) is 5.61. The first-order valence-corrected chi connectivity index (χ1v) is 10.0. The second kappa shape index (κ2) is 7.71. The van der Waals surface area contributed by atoms with Gasteiger partial charge in [0.15, 0.2) is 11.5 Å². The maximum Gasteiger partial charge on any atom is 0.227 e. The maximum atomic E-state index is 12.8. The van der Waals surface area contributed by atoms with Crippen LogP contribution in [0.5, 0.6) is 0 Å². The van der Waals surface area contributed by atoms with E-state index in [1.54, 1.807) is 0 Å². The van der Waals surface area contributed by atoms with Gasteiger partial charge >= 0.3 is 0 Å². The van der Waals surface area contributed by atoms with Crippen molar-refractivity contribution in [1.82, 2.24) is 14.8 Å². The lowest BCUT2D eigenvalue weighted by Crippen LogP contribution is -2.39. The molecule has 0 unspecified atom stereocenters. The largest absolute Gasteiger partial charge is 0.441 e. The van der Waals surface area contributed by atoms with E-state index in [0.29, 0.717) is 31.3 Å². The summed E-state index contributed by atoms with van der Waals surface area (Å²) >= 11 is 0. The van der Waals surface area contributed by atoms with Crippen molar-refractivity contribution in [3.8, 4) is 0 Å². The molecule has 0 radical (unpaired) electrons. The number of aryl methyl sites for hydroxylation is 1. The number of hydrogen-bond donors (Lipinski definition) is 0. The normalized spacial score (nSPS) is 18.9. The Kier molecular flexibility index (Phi) is 5.14. The van der Waals surface area contributed by atoms with Crippen molar-refractivity contribution in [3.05, 3.63) is 29.7 Å². The molecule has 2 aliphatic rings. The molecular formula is C21H27N3O3. The van der Waals surface area contributed by atoms with E-state index in [1.807, 2.05) is 34.9 Å². The van der Waals surface area contributed by atoms with Gasteiger partial charge in [0.25, 0.3) is 0 Å². The number of carbonyl (C=O) groups excluding carboxylic acids is 2. The quantitative estimate of drug-likeness (QED) is 0.834. The minimum Gasteiger partial charge on any atom is -0.441 e. The molecular weight excluding hydrogens is 342 g/mol. The zero-order valence-corrected chi connectivity index (χ0v) is 15.9. The molecule has 4 rings (SSSR count). The van der Waals surface area contributed by atoms with Crippen LogP contribution in [0.15, 0.2) is 22.6 Å². The van der Waals surface area contributed by atoms with Gasteiger partial charge in [-0.15, -0.1) is 0 Å². The lowest BCUT2D eigenvalue weighted by atomic mass is 10.1. The topological polar surface area (TPSA) is 66.7 Å². The molecule has 1 aliphatic carbocycles. The van der Waals surface area contributed by atoms with E-state index < -0.39 is 0 Å². The number of amides is 2. The summed E-state index contributed by atoms with van der Waals surface area (Å²) in [4.78, 5) is 33.6. The molecule has 6 nitrogen and oxygen atoms in total. The highest BCUT2D eigenvalue weighted by molar-refractivity contribution is 5.82. The van der Waals surface area contributed by atoms with Crippen LogP contribution in [0, 0.1) is 12.8 Å². The van der Waals surface area contributed by atoms with Crippen LogP contribution in [0.25, 0.3) is 11.1 Å². The van der Waals surface area contributed by atoms with Crippen LogP contribution in [-0.4, -0.2) is 52.8 Å². The zero-order valence-electron chi connectivity index (χ0n) is 15.9. The average Bonchev–Trinajstić information content (AvgIpc) is 3.23. The number of oxazole rings is 1. The van der Waals surface area contributed by atoms with Crippen molar-refractivity contribution < 1.29 is 14.0 Å². The summed E-state index contributed by atoms with van der Waals surface area (Å²) in [5, 5.41) is 0. The van der Waals surface area contributed by atoms with Gasteiger partial charge in [-0.25, -0.2) is 4.98 Å². The number of hydrogen-bond acceptors (Lipinski definition) is 4. The fraction of sp³-hybridized carbons (Fsp3) is 0.571. The van der Waals surface area contributed by atoms with Crippen molar-refractivity contribution in [2.45, 2.75) is 45.4 Å². The van der Waals surface area contributed by atoms with E-state index in [4.69, 9.17) is 4.42 Å². The molecule has 27 heavy (non-hydrogen) atoms. The molecule has 1 aromatic heterocycles. The third-order valence-electron chi connectivity index (χ3n) is 5.78. The third-order valence-corrected chi connectivity index (χ3v) is 5.78. The van der Waals surface area contributed by atoms with Gasteiger partial charge < -0.3 is 14.2 Å². The van der Waals surface area contributed by atoms with Crippen molar-refractivity contribution in [1.29, 1.82) is 0 Å². The molecule has 0 spiro atoms. The summed E-state index contributed by atoms with van der Waals surface area (Å²) in [7, 11) is 0. The predicted molar refractivity (Wildman–Crippen MR) is 102 cm³/mol. The summed E-state index contributed by atoms with van der Waals surface area (Å²) in [5.41, 5.74) is 2.49. The second-order valence-electron chi connectivity index (χ2n) is 7.75. The molecule has 6 heteroatoms. The Bertz CT molecular complexity index is 838. The predicted octanol–water partition coefficient (Wildman–Crippen LogP) is 2.93. The number of fused-ring (bicyclic) bond motifs is 1. The molecule has 0 atom stereocenters. The number of benzene rings is 1. The average molecular weight is 369 g/mol. The molecule has 0 bridgehead atoms. The van der Waals surface area contributed by atoms with Crippen LogP contribution in [0.1, 0.15) is 43.6 Å². The fourth-order valence-corrected chi connectivity index (χ4v) is 4.30. The van der Waals surface area contributed by atoms with E-state index in [-0.39, 0.29) is 11.8 Å². The molecule has 2 heterocycles. The smallest absolute Gasteiger partial charge is 0.227 e. The molecule has 2 aromatic rings. The highest BCUT2D eigenvalue weighted by Crippen LogP contribution is 2.27. The first-order valence-electron chi connectivity index (χ1n) is 10.0. The lowest BCUT2D eigenvalue weighted by Gasteiger charge is -2.24. The van der Waals surface area contributed by atoms with Crippen LogP contribution in [0.2, 0.25) is 0 Å². The van der Waals surface area contributed by atoms with Crippen LogP contribution < -0.4 is 0 Å². The van der Waals surface area contributed by atoms with Crippen LogP contribution in [0.4, 0.5) is 0 Å². The van der Waals surface area contributed by atoms with Crippen LogP contribution >= 0.6 is 0 Å². The zero-order chi connectivity index (χ0) is 18.8. The standard InChI is InChI=1S/C21H27N3O3/c1-15-22-18-13-16(7-8-19(18)27-15)14-20(25)23-9-4-10-24(12-11-23)21(26)17-5-2-3-6-17/h7-8,13,17H,2-6,9-12,14H2,1H3. The van der Waals surface area contributed by atoms with Gasteiger partial charge in [-0.1, -0.05) is 18.9 Å². The highest BCUT2D eigenvalue weighted by Gasteiger charge is 2.29. The Morgan fingerprint density at radius 3 is 2.63 bits per heavy atom. The summed E-state index contributed by atoms with van der Waals surface area (Å²) in [5.74, 6) is 1.26. The molecule has 1 saturated carbocycles. The van der Waals surface area contributed by atoms with Crippen molar-refractivity contribution >= 4 is 22.9 Å². The molecule has 1 saturated heterocycles. The van der Waals surface area contributed by atoms with Gasteiger partial charge in [0, 0.05) is 39.0 Å². The molecule has 1 aromatic carbocycles. The highest BCUT2D eigenvalue weighted by atomic mass is 16.3.